The molecule has 1 amide bonds. The first-order valence-electron chi connectivity index (χ1n) is 7.44. The van der Waals surface area contributed by atoms with Gasteiger partial charge in [-0.2, -0.15) is 0 Å². The average molecular weight is 280 g/mol. The number of carbonyl (C=O) groups excluding carboxylic acids is 1. The molecular weight excluding hydrogens is 260 g/mol. The standard InChI is InChI=1S/C18H20N2O/c1-3-11-20-17(14-8-6-7-13(2)12-14)19-16-10-5-4-9-15(16)18(20)21/h4-10,12,17,19H,3,11H2,1-2H3/t17-/m0/s1. The van der Waals surface area contributed by atoms with Crippen LogP contribution >= 0.6 is 0 Å². The summed E-state index contributed by atoms with van der Waals surface area (Å²) in [6, 6.07) is 16.1. The Balaban J connectivity index is 2.04. The summed E-state index contributed by atoms with van der Waals surface area (Å²) in [7, 11) is 0. The van der Waals surface area contributed by atoms with Crippen molar-refractivity contribution in [3.63, 3.8) is 0 Å². The van der Waals surface area contributed by atoms with Crippen molar-refractivity contribution in [3.8, 4) is 0 Å². The van der Waals surface area contributed by atoms with E-state index in [1.807, 2.05) is 35.2 Å². The quantitative estimate of drug-likeness (QED) is 0.922. The van der Waals surface area contributed by atoms with Crippen LogP contribution in [0.2, 0.25) is 0 Å². The maximum atomic E-state index is 12.8. The predicted octanol–water partition coefficient (Wildman–Crippen LogP) is 3.97. The lowest BCUT2D eigenvalue weighted by Gasteiger charge is -2.38. The summed E-state index contributed by atoms with van der Waals surface area (Å²) >= 11 is 0. The molecule has 3 nitrogen and oxygen atoms in total. The fraction of sp³-hybridized carbons (Fsp3) is 0.278. The summed E-state index contributed by atoms with van der Waals surface area (Å²) in [5.74, 6) is 0.109. The Hall–Kier alpha value is -2.29. The van der Waals surface area contributed by atoms with Gasteiger partial charge in [0, 0.05) is 12.2 Å². The van der Waals surface area contributed by atoms with Gasteiger partial charge in [-0.3, -0.25) is 4.79 Å². The van der Waals surface area contributed by atoms with E-state index in [2.05, 4.69) is 37.4 Å². The van der Waals surface area contributed by atoms with E-state index in [1.165, 1.54) is 5.56 Å². The van der Waals surface area contributed by atoms with Crippen LogP contribution in [0, 0.1) is 6.92 Å². The Kier molecular flexibility index (Phi) is 3.65. The molecule has 0 bridgehead atoms. The minimum absolute atomic E-state index is 0.0905. The lowest BCUT2D eigenvalue weighted by molar-refractivity contribution is 0.0683. The van der Waals surface area contributed by atoms with Gasteiger partial charge in [-0.1, -0.05) is 48.9 Å². The van der Waals surface area contributed by atoms with Gasteiger partial charge < -0.3 is 10.2 Å². The maximum Gasteiger partial charge on any atom is 0.257 e. The molecule has 1 heterocycles. The zero-order chi connectivity index (χ0) is 14.8. The summed E-state index contributed by atoms with van der Waals surface area (Å²) < 4.78 is 0. The molecule has 3 rings (SSSR count). The number of fused-ring (bicyclic) bond motifs is 1. The Morgan fingerprint density at radius 3 is 2.71 bits per heavy atom. The van der Waals surface area contributed by atoms with Crippen LogP contribution in [-0.2, 0) is 0 Å². The first-order chi connectivity index (χ1) is 10.2. The number of carbonyl (C=O) groups is 1. The van der Waals surface area contributed by atoms with Crippen LogP contribution in [0.3, 0.4) is 0 Å². The van der Waals surface area contributed by atoms with Crippen molar-refractivity contribution in [2.45, 2.75) is 26.4 Å². The number of aryl methyl sites for hydroxylation is 1. The highest BCUT2D eigenvalue weighted by Crippen LogP contribution is 2.33. The van der Waals surface area contributed by atoms with Crippen molar-refractivity contribution in [1.29, 1.82) is 0 Å². The highest BCUT2D eigenvalue weighted by molar-refractivity contribution is 6.01. The molecule has 0 radical (unpaired) electrons. The third kappa shape index (κ3) is 2.51. The van der Waals surface area contributed by atoms with Gasteiger partial charge in [0.15, 0.2) is 0 Å². The molecule has 0 saturated heterocycles. The third-order valence-electron chi connectivity index (χ3n) is 3.84. The zero-order valence-electron chi connectivity index (χ0n) is 12.5. The first-order valence-corrected chi connectivity index (χ1v) is 7.44. The van der Waals surface area contributed by atoms with E-state index in [1.54, 1.807) is 0 Å². The van der Waals surface area contributed by atoms with Gasteiger partial charge in [-0.25, -0.2) is 0 Å². The number of hydrogen-bond donors (Lipinski definition) is 1. The van der Waals surface area contributed by atoms with Crippen molar-refractivity contribution in [3.05, 3.63) is 65.2 Å². The minimum Gasteiger partial charge on any atom is -0.361 e. The van der Waals surface area contributed by atoms with E-state index in [9.17, 15) is 4.79 Å². The van der Waals surface area contributed by atoms with Crippen LogP contribution in [0.1, 0.15) is 41.0 Å². The molecule has 1 aliphatic rings. The molecule has 0 fully saturated rings. The number of amides is 1. The topological polar surface area (TPSA) is 32.3 Å². The van der Waals surface area contributed by atoms with Crippen LogP contribution in [-0.4, -0.2) is 17.4 Å². The van der Waals surface area contributed by atoms with E-state index >= 15 is 0 Å². The smallest absolute Gasteiger partial charge is 0.257 e. The first kappa shape index (κ1) is 13.7. The molecule has 0 unspecified atom stereocenters. The number of anilines is 1. The fourth-order valence-electron chi connectivity index (χ4n) is 2.87. The minimum atomic E-state index is -0.0905. The predicted molar refractivity (Wildman–Crippen MR) is 85.3 cm³/mol. The molecule has 1 aliphatic heterocycles. The highest BCUT2D eigenvalue weighted by Gasteiger charge is 2.31. The number of nitrogens with zero attached hydrogens (tertiary/aromatic N) is 1. The van der Waals surface area contributed by atoms with Gasteiger partial charge in [0.05, 0.1) is 5.56 Å². The van der Waals surface area contributed by atoms with Gasteiger partial charge in [-0.15, -0.1) is 0 Å². The normalized spacial score (nSPS) is 17.3. The van der Waals surface area contributed by atoms with Crippen LogP contribution in [0.5, 0.6) is 0 Å². The molecule has 1 N–H and O–H groups in total. The molecule has 0 saturated carbocycles. The number of para-hydroxylation sites is 1. The van der Waals surface area contributed by atoms with Crippen LogP contribution in [0.4, 0.5) is 5.69 Å². The molecule has 108 valence electrons. The van der Waals surface area contributed by atoms with Crippen molar-refractivity contribution < 1.29 is 4.79 Å². The Labute approximate surface area is 125 Å². The van der Waals surface area contributed by atoms with Crippen molar-refractivity contribution in [2.75, 3.05) is 11.9 Å². The molecular formula is C18H20N2O. The maximum absolute atomic E-state index is 12.8. The van der Waals surface area contributed by atoms with Gasteiger partial charge >= 0.3 is 0 Å². The van der Waals surface area contributed by atoms with Gasteiger partial charge in [-0.05, 0) is 31.0 Å². The van der Waals surface area contributed by atoms with Crippen LogP contribution in [0.25, 0.3) is 0 Å². The van der Waals surface area contributed by atoms with Gasteiger partial charge in [0.1, 0.15) is 6.17 Å². The molecule has 2 aromatic carbocycles. The SMILES string of the molecule is CCCN1C(=O)c2ccccc2N[C@@H]1c1cccc(C)c1. The van der Waals surface area contributed by atoms with E-state index in [0.717, 1.165) is 29.8 Å². The second kappa shape index (κ2) is 5.60. The van der Waals surface area contributed by atoms with Gasteiger partial charge in [0.2, 0.25) is 0 Å². The largest absolute Gasteiger partial charge is 0.361 e. The second-order valence-electron chi connectivity index (χ2n) is 5.51. The molecule has 1 atom stereocenters. The number of rotatable bonds is 3. The molecule has 0 aromatic heterocycles. The number of benzene rings is 2. The van der Waals surface area contributed by atoms with Crippen molar-refractivity contribution in [1.82, 2.24) is 4.90 Å². The van der Waals surface area contributed by atoms with E-state index in [4.69, 9.17) is 0 Å². The number of hydrogen-bond acceptors (Lipinski definition) is 2. The van der Waals surface area contributed by atoms with Crippen LogP contribution < -0.4 is 5.32 Å². The number of nitrogens with one attached hydrogen (secondary N) is 1. The van der Waals surface area contributed by atoms with Crippen molar-refractivity contribution >= 4 is 11.6 Å². The van der Waals surface area contributed by atoms with Crippen LogP contribution in [0.15, 0.2) is 48.5 Å². The summed E-state index contributed by atoms with van der Waals surface area (Å²) in [4.78, 5) is 14.7. The summed E-state index contributed by atoms with van der Waals surface area (Å²) in [5, 5.41) is 3.51. The average Bonchev–Trinajstić information content (AvgIpc) is 2.50. The summed E-state index contributed by atoms with van der Waals surface area (Å²) in [6.07, 6.45) is 0.852. The van der Waals surface area contributed by atoms with E-state index < -0.39 is 0 Å². The summed E-state index contributed by atoms with van der Waals surface area (Å²) in [6.45, 7) is 4.92. The zero-order valence-corrected chi connectivity index (χ0v) is 12.5. The molecule has 0 aliphatic carbocycles. The Morgan fingerprint density at radius 2 is 1.95 bits per heavy atom. The third-order valence-corrected chi connectivity index (χ3v) is 3.84. The van der Waals surface area contributed by atoms with E-state index in [0.29, 0.717) is 0 Å². The molecule has 3 heteroatoms. The van der Waals surface area contributed by atoms with E-state index in [-0.39, 0.29) is 12.1 Å². The Morgan fingerprint density at radius 1 is 1.14 bits per heavy atom. The molecule has 21 heavy (non-hydrogen) atoms. The lowest BCUT2D eigenvalue weighted by Crippen LogP contribution is -2.43. The highest BCUT2D eigenvalue weighted by atomic mass is 16.2. The lowest BCUT2D eigenvalue weighted by atomic mass is 10.0. The van der Waals surface area contributed by atoms with Crippen molar-refractivity contribution in [2.24, 2.45) is 0 Å². The monoisotopic (exact) mass is 280 g/mol. The second-order valence-corrected chi connectivity index (χ2v) is 5.51. The molecule has 0 spiro atoms. The Bertz CT molecular complexity index is 666. The summed E-state index contributed by atoms with van der Waals surface area (Å²) in [5.41, 5.74) is 4.01. The molecule has 2 aromatic rings. The fourth-order valence-corrected chi connectivity index (χ4v) is 2.87. The van der Waals surface area contributed by atoms with Gasteiger partial charge in [0.25, 0.3) is 5.91 Å².